The number of aliphatic hydroxyl groups is 1. The van der Waals surface area contributed by atoms with E-state index in [0.717, 1.165) is 5.56 Å². The Hall–Kier alpha value is -1.86. The van der Waals surface area contributed by atoms with Crippen LogP contribution in [0.15, 0.2) is 30.3 Å². The first-order valence-corrected chi connectivity index (χ1v) is 3.87. The second-order valence-electron chi connectivity index (χ2n) is 2.39. The fourth-order valence-electron chi connectivity index (χ4n) is 0.922. The lowest BCUT2D eigenvalue weighted by atomic mass is 10.0. The maximum Gasteiger partial charge on any atom is 0.108 e. The normalized spacial score (nSPS) is 9.77. The van der Waals surface area contributed by atoms with Crippen LogP contribution in [0.25, 0.3) is 0 Å². The van der Waals surface area contributed by atoms with Gasteiger partial charge >= 0.3 is 0 Å². The minimum atomic E-state index is 0.112. The molecule has 0 fully saturated rings. The van der Waals surface area contributed by atoms with Crippen molar-refractivity contribution in [1.82, 2.24) is 0 Å². The molecule has 1 rings (SSSR count). The van der Waals surface area contributed by atoms with Crippen LogP contribution in [-0.2, 0) is 0 Å². The molecule has 0 aliphatic carbocycles. The lowest BCUT2D eigenvalue weighted by Gasteiger charge is -2.01. The van der Waals surface area contributed by atoms with E-state index >= 15 is 0 Å². The van der Waals surface area contributed by atoms with Gasteiger partial charge in [0.15, 0.2) is 0 Å². The molecule has 0 radical (unpaired) electrons. The molecule has 13 heavy (non-hydrogen) atoms. The Labute approximate surface area is 79.4 Å². The van der Waals surface area contributed by atoms with Gasteiger partial charge in [-0.3, -0.25) is 0 Å². The Morgan fingerprint density at radius 3 is 2.23 bits per heavy atom. The molecule has 66 valence electrons. The molecule has 0 aliphatic heterocycles. The number of rotatable bonds is 1. The molecule has 0 aliphatic rings. The van der Waals surface area contributed by atoms with Crippen LogP contribution in [0.1, 0.15) is 18.4 Å². The summed E-state index contributed by atoms with van der Waals surface area (Å²) in [5.41, 5.74) is 1.13. The predicted octanol–water partition coefficient (Wildman–Crippen LogP) is 2.37. The quantitative estimate of drug-likeness (QED) is 0.645. The zero-order valence-corrected chi connectivity index (χ0v) is 7.57. The molecule has 1 atom stereocenters. The first-order valence-electron chi connectivity index (χ1n) is 3.87. The molecule has 0 heterocycles. The van der Waals surface area contributed by atoms with E-state index in [-0.39, 0.29) is 5.92 Å². The predicted molar refractivity (Wildman–Crippen MR) is 54.5 cm³/mol. The molecule has 1 unspecified atom stereocenters. The van der Waals surface area contributed by atoms with Gasteiger partial charge in [0.2, 0.25) is 0 Å². The molecule has 0 saturated carbocycles. The summed E-state index contributed by atoms with van der Waals surface area (Å²) in [6.07, 6.45) is 9.92. The Morgan fingerprint density at radius 1 is 1.23 bits per heavy atom. The SMILES string of the molecule is C#C.CC(C#CO)c1ccccc1. The highest BCUT2D eigenvalue weighted by Crippen LogP contribution is 2.12. The van der Waals surface area contributed by atoms with E-state index < -0.39 is 0 Å². The summed E-state index contributed by atoms with van der Waals surface area (Å²) < 4.78 is 0. The summed E-state index contributed by atoms with van der Waals surface area (Å²) >= 11 is 0. The second-order valence-corrected chi connectivity index (χ2v) is 2.39. The van der Waals surface area contributed by atoms with Crippen molar-refractivity contribution < 1.29 is 5.11 Å². The smallest absolute Gasteiger partial charge is 0.108 e. The Balaban J connectivity index is 0.000000671. The molecule has 0 bridgehead atoms. The minimum absolute atomic E-state index is 0.112. The first-order chi connectivity index (χ1) is 6.34. The highest BCUT2D eigenvalue weighted by molar-refractivity contribution is 5.25. The van der Waals surface area contributed by atoms with E-state index in [0.29, 0.717) is 0 Å². The lowest BCUT2D eigenvalue weighted by Crippen LogP contribution is -1.87. The average Bonchev–Trinajstić information content (AvgIpc) is 2.23. The van der Waals surface area contributed by atoms with E-state index in [1.165, 1.54) is 0 Å². The zero-order valence-electron chi connectivity index (χ0n) is 7.57. The van der Waals surface area contributed by atoms with Crippen molar-refractivity contribution in [3.05, 3.63) is 35.9 Å². The topological polar surface area (TPSA) is 20.2 Å². The monoisotopic (exact) mass is 172 g/mol. The van der Waals surface area contributed by atoms with Crippen molar-refractivity contribution in [1.29, 1.82) is 0 Å². The number of hydrogen-bond donors (Lipinski definition) is 1. The van der Waals surface area contributed by atoms with Gasteiger partial charge in [-0.05, 0) is 12.5 Å². The summed E-state index contributed by atoms with van der Waals surface area (Å²) in [6.45, 7) is 1.96. The summed E-state index contributed by atoms with van der Waals surface area (Å²) in [4.78, 5) is 0. The molecule has 0 spiro atoms. The number of aliphatic hydroxyl groups excluding tert-OH is 1. The maximum atomic E-state index is 8.34. The van der Waals surface area contributed by atoms with Gasteiger partial charge in [-0.25, -0.2) is 0 Å². The van der Waals surface area contributed by atoms with Gasteiger partial charge in [-0.2, -0.15) is 0 Å². The Kier molecular flexibility index (Phi) is 5.85. The van der Waals surface area contributed by atoms with Crippen molar-refractivity contribution in [3.8, 4) is 24.9 Å². The van der Waals surface area contributed by atoms with Crippen molar-refractivity contribution in [2.75, 3.05) is 0 Å². The number of terminal acetylenes is 1. The Bertz CT molecular complexity index is 300. The van der Waals surface area contributed by atoms with E-state index in [1.54, 1.807) is 0 Å². The van der Waals surface area contributed by atoms with Crippen LogP contribution in [0.4, 0.5) is 0 Å². The van der Waals surface area contributed by atoms with Crippen molar-refractivity contribution in [2.45, 2.75) is 12.8 Å². The van der Waals surface area contributed by atoms with E-state index in [2.05, 4.69) is 18.8 Å². The molecule has 0 saturated heterocycles. The molecule has 1 heteroatoms. The fourth-order valence-corrected chi connectivity index (χ4v) is 0.922. The first kappa shape index (κ1) is 11.1. The summed E-state index contributed by atoms with van der Waals surface area (Å²) in [5, 5.41) is 8.34. The second kappa shape index (κ2) is 6.83. The van der Waals surface area contributed by atoms with Crippen LogP contribution in [0, 0.1) is 24.9 Å². The van der Waals surface area contributed by atoms with Crippen LogP contribution in [-0.4, -0.2) is 5.11 Å². The van der Waals surface area contributed by atoms with Crippen molar-refractivity contribution in [2.24, 2.45) is 0 Å². The summed E-state index contributed by atoms with van der Waals surface area (Å²) in [6, 6.07) is 9.88. The van der Waals surface area contributed by atoms with Crippen molar-refractivity contribution >= 4 is 0 Å². The summed E-state index contributed by atoms with van der Waals surface area (Å²) in [7, 11) is 0. The van der Waals surface area contributed by atoms with Gasteiger partial charge in [-0.15, -0.1) is 12.8 Å². The molecule has 1 nitrogen and oxygen atoms in total. The van der Waals surface area contributed by atoms with Gasteiger partial charge in [0, 0.05) is 5.92 Å². The molecule has 1 N–H and O–H groups in total. The molecule has 1 aromatic rings. The van der Waals surface area contributed by atoms with E-state index in [4.69, 9.17) is 5.11 Å². The van der Waals surface area contributed by atoms with Crippen molar-refractivity contribution in [3.63, 3.8) is 0 Å². The molecule has 1 aromatic carbocycles. The maximum absolute atomic E-state index is 8.34. The van der Waals surface area contributed by atoms with Crippen LogP contribution >= 0.6 is 0 Å². The van der Waals surface area contributed by atoms with Gasteiger partial charge in [-0.1, -0.05) is 36.3 Å². The highest BCUT2D eigenvalue weighted by atomic mass is 16.2. The van der Waals surface area contributed by atoms with Gasteiger partial charge in [0.05, 0.1) is 0 Å². The van der Waals surface area contributed by atoms with E-state index in [9.17, 15) is 0 Å². The van der Waals surface area contributed by atoms with E-state index in [1.807, 2.05) is 43.4 Å². The molecule has 0 aromatic heterocycles. The standard InChI is InChI=1S/C10H10O.C2H2/c1-9(7-8-11)10-5-3-2-4-6-10;1-2/h2-6,9,11H,1H3;1-2H. The number of benzene rings is 1. The third-order valence-corrected chi connectivity index (χ3v) is 1.58. The van der Waals surface area contributed by atoms with Crippen LogP contribution in [0.3, 0.4) is 0 Å². The van der Waals surface area contributed by atoms with Gasteiger partial charge in [0.1, 0.15) is 6.11 Å². The number of hydrogen-bond acceptors (Lipinski definition) is 1. The summed E-state index contributed by atoms with van der Waals surface area (Å²) in [5.74, 6) is 2.78. The average molecular weight is 172 g/mol. The van der Waals surface area contributed by atoms with Crippen LogP contribution in [0.2, 0.25) is 0 Å². The van der Waals surface area contributed by atoms with Gasteiger partial charge < -0.3 is 5.11 Å². The lowest BCUT2D eigenvalue weighted by molar-refractivity contribution is 0.515. The Morgan fingerprint density at radius 2 is 1.77 bits per heavy atom. The molecular weight excluding hydrogens is 160 g/mol. The van der Waals surface area contributed by atoms with Crippen LogP contribution < -0.4 is 0 Å². The third-order valence-electron chi connectivity index (χ3n) is 1.58. The minimum Gasteiger partial charge on any atom is -0.462 e. The fraction of sp³-hybridized carbons (Fsp3) is 0.167. The molecule has 0 amide bonds. The molecular formula is C12H12O. The highest BCUT2D eigenvalue weighted by Gasteiger charge is 1.98. The van der Waals surface area contributed by atoms with Gasteiger partial charge in [0.25, 0.3) is 0 Å². The zero-order chi connectivity index (χ0) is 10.1. The largest absolute Gasteiger partial charge is 0.462 e. The van der Waals surface area contributed by atoms with Crippen LogP contribution in [0.5, 0.6) is 0 Å². The third kappa shape index (κ3) is 3.89.